The van der Waals surface area contributed by atoms with E-state index in [0.717, 1.165) is 17.4 Å². The van der Waals surface area contributed by atoms with Crippen LogP contribution >= 0.6 is 0 Å². The fourth-order valence-corrected chi connectivity index (χ4v) is 1.98. The molecular formula is C16H16O4. The van der Waals surface area contributed by atoms with Crippen molar-refractivity contribution in [3.8, 4) is 28.4 Å². The van der Waals surface area contributed by atoms with Gasteiger partial charge < -0.3 is 14.2 Å². The van der Waals surface area contributed by atoms with Gasteiger partial charge in [0.2, 0.25) is 0 Å². The minimum atomic E-state index is 0.570. The van der Waals surface area contributed by atoms with Gasteiger partial charge in [-0.25, -0.2) is 0 Å². The summed E-state index contributed by atoms with van der Waals surface area (Å²) in [4.78, 5) is 10.8. The highest BCUT2D eigenvalue weighted by Crippen LogP contribution is 2.35. The van der Waals surface area contributed by atoms with Gasteiger partial charge in [-0.1, -0.05) is 6.07 Å². The largest absolute Gasteiger partial charge is 0.497 e. The first-order valence-corrected chi connectivity index (χ1v) is 6.08. The van der Waals surface area contributed by atoms with Crippen LogP contribution in [-0.4, -0.2) is 27.6 Å². The third-order valence-corrected chi connectivity index (χ3v) is 3.02. The highest BCUT2D eigenvalue weighted by atomic mass is 16.5. The number of hydrogen-bond acceptors (Lipinski definition) is 4. The van der Waals surface area contributed by atoms with Crippen molar-refractivity contribution < 1.29 is 19.0 Å². The van der Waals surface area contributed by atoms with Gasteiger partial charge in [-0.05, 0) is 29.8 Å². The third-order valence-electron chi connectivity index (χ3n) is 3.02. The molecule has 0 amide bonds. The van der Waals surface area contributed by atoms with Gasteiger partial charge in [-0.15, -0.1) is 0 Å². The number of methoxy groups -OCH3 is 3. The average Bonchev–Trinajstić information content (AvgIpc) is 2.53. The van der Waals surface area contributed by atoms with E-state index in [2.05, 4.69) is 0 Å². The molecule has 0 aliphatic carbocycles. The first-order chi connectivity index (χ1) is 9.71. The van der Waals surface area contributed by atoms with E-state index < -0.39 is 0 Å². The summed E-state index contributed by atoms with van der Waals surface area (Å²) in [7, 11) is 4.78. The maximum absolute atomic E-state index is 10.8. The fourth-order valence-electron chi connectivity index (χ4n) is 1.98. The minimum absolute atomic E-state index is 0.570. The van der Waals surface area contributed by atoms with Crippen LogP contribution in [0.3, 0.4) is 0 Å². The minimum Gasteiger partial charge on any atom is -0.497 e. The maximum atomic E-state index is 10.8. The first kappa shape index (κ1) is 13.9. The normalized spacial score (nSPS) is 9.95. The van der Waals surface area contributed by atoms with E-state index in [9.17, 15) is 4.79 Å². The van der Waals surface area contributed by atoms with Gasteiger partial charge in [0.15, 0.2) is 0 Å². The Bertz CT molecular complexity index is 598. The Kier molecular flexibility index (Phi) is 4.25. The van der Waals surface area contributed by atoms with Crippen molar-refractivity contribution in [1.82, 2.24) is 0 Å². The lowest BCUT2D eigenvalue weighted by atomic mass is 10.0. The van der Waals surface area contributed by atoms with Crippen molar-refractivity contribution in [3.63, 3.8) is 0 Å². The summed E-state index contributed by atoms with van der Waals surface area (Å²) in [5.41, 5.74) is 2.34. The second kappa shape index (κ2) is 6.10. The van der Waals surface area contributed by atoms with Gasteiger partial charge in [0, 0.05) is 17.2 Å². The summed E-state index contributed by atoms with van der Waals surface area (Å²) in [5, 5.41) is 0. The van der Waals surface area contributed by atoms with Crippen LogP contribution in [0.15, 0.2) is 36.4 Å². The molecule has 0 radical (unpaired) electrons. The van der Waals surface area contributed by atoms with Crippen molar-refractivity contribution in [3.05, 3.63) is 42.0 Å². The van der Waals surface area contributed by atoms with E-state index >= 15 is 0 Å². The van der Waals surface area contributed by atoms with E-state index in [1.165, 1.54) is 0 Å². The Morgan fingerprint density at radius 1 is 0.850 bits per heavy atom. The lowest BCUT2D eigenvalue weighted by Crippen LogP contribution is -1.93. The van der Waals surface area contributed by atoms with Crippen LogP contribution < -0.4 is 14.2 Å². The predicted molar refractivity (Wildman–Crippen MR) is 76.9 cm³/mol. The van der Waals surface area contributed by atoms with Crippen LogP contribution in [-0.2, 0) is 0 Å². The molecular weight excluding hydrogens is 256 g/mol. The summed E-state index contributed by atoms with van der Waals surface area (Å²) in [5.74, 6) is 2.02. The number of hydrogen-bond donors (Lipinski definition) is 0. The van der Waals surface area contributed by atoms with Crippen molar-refractivity contribution in [2.24, 2.45) is 0 Å². The van der Waals surface area contributed by atoms with Crippen molar-refractivity contribution in [2.75, 3.05) is 21.3 Å². The highest BCUT2D eigenvalue weighted by Gasteiger charge is 2.10. The van der Waals surface area contributed by atoms with Crippen LogP contribution in [0.25, 0.3) is 11.1 Å². The molecule has 0 atom stereocenters. The summed E-state index contributed by atoms with van der Waals surface area (Å²) in [6, 6.07) is 10.9. The molecule has 0 spiro atoms. The van der Waals surface area contributed by atoms with Crippen LogP contribution in [0.1, 0.15) is 10.4 Å². The molecule has 0 saturated carbocycles. The van der Waals surface area contributed by atoms with E-state index in [0.29, 0.717) is 22.8 Å². The van der Waals surface area contributed by atoms with E-state index in [1.807, 2.05) is 18.2 Å². The molecule has 2 aromatic carbocycles. The van der Waals surface area contributed by atoms with Crippen LogP contribution in [0.5, 0.6) is 17.2 Å². The van der Waals surface area contributed by atoms with E-state index in [-0.39, 0.29) is 0 Å². The van der Waals surface area contributed by atoms with Crippen molar-refractivity contribution >= 4 is 6.29 Å². The molecule has 4 heteroatoms. The fraction of sp³-hybridized carbons (Fsp3) is 0.188. The molecule has 0 aliphatic heterocycles. The Labute approximate surface area is 117 Å². The molecule has 4 nitrogen and oxygen atoms in total. The molecule has 104 valence electrons. The molecule has 2 aromatic rings. The third kappa shape index (κ3) is 2.74. The number of rotatable bonds is 5. The molecule has 0 heterocycles. The maximum Gasteiger partial charge on any atom is 0.150 e. The zero-order valence-corrected chi connectivity index (χ0v) is 11.7. The Balaban J connectivity index is 2.57. The number of aldehydes is 1. The predicted octanol–water partition coefficient (Wildman–Crippen LogP) is 3.19. The van der Waals surface area contributed by atoms with Gasteiger partial charge >= 0.3 is 0 Å². The second-order valence-corrected chi connectivity index (χ2v) is 4.18. The first-order valence-electron chi connectivity index (χ1n) is 6.08. The summed E-state index contributed by atoms with van der Waals surface area (Å²) >= 11 is 0. The molecule has 0 N–H and O–H groups in total. The van der Waals surface area contributed by atoms with Gasteiger partial charge in [0.05, 0.1) is 21.3 Å². The standard InChI is InChI=1S/C16H16O4/c1-18-13-7-12(8-14(9-13)19-2)15-5-4-11(10-17)6-16(15)20-3/h4-10H,1-3H3. The molecule has 2 rings (SSSR count). The summed E-state index contributed by atoms with van der Waals surface area (Å²) in [6.45, 7) is 0. The second-order valence-electron chi connectivity index (χ2n) is 4.18. The van der Waals surface area contributed by atoms with Crippen molar-refractivity contribution in [1.29, 1.82) is 0 Å². The zero-order valence-electron chi connectivity index (χ0n) is 11.7. The molecule has 0 bridgehead atoms. The Hall–Kier alpha value is -2.49. The average molecular weight is 272 g/mol. The number of carbonyl (C=O) groups is 1. The molecule has 0 aromatic heterocycles. The molecule has 20 heavy (non-hydrogen) atoms. The lowest BCUT2D eigenvalue weighted by Gasteiger charge is -2.12. The molecule has 0 unspecified atom stereocenters. The molecule has 0 saturated heterocycles. The quantitative estimate of drug-likeness (QED) is 0.784. The monoisotopic (exact) mass is 272 g/mol. The summed E-state index contributed by atoms with van der Waals surface area (Å²) in [6.07, 6.45) is 0.790. The molecule has 0 fully saturated rings. The van der Waals surface area contributed by atoms with E-state index in [4.69, 9.17) is 14.2 Å². The van der Waals surface area contributed by atoms with E-state index in [1.54, 1.807) is 39.5 Å². The van der Waals surface area contributed by atoms with Gasteiger partial charge in [0.25, 0.3) is 0 Å². The Morgan fingerprint density at radius 3 is 2.00 bits per heavy atom. The molecule has 0 aliphatic rings. The number of benzene rings is 2. The SMILES string of the molecule is COc1cc(OC)cc(-c2ccc(C=O)cc2OC)c1. The highest BCUT2D eigenvalue weighted by molar-refractivity contribution is 5.81. The summed E-state index contributed by atoms with van der Waals surface area (Å²) < 4.78 is 15.9. The number of carbonyl (C=O) groups excluding carboxylic acids is 1. The zero-order chi connectivity index (χ0) is 14.5. The van der Waals surface area contributed by atoms with Crippen molar-refractivity contribution in [2.45, 2.75) is 0 Å². The number of ether oxygens (including phenoxy) is 3. The van der Waals surface area contributed by atoms with Gasteiger partial charge in [-0.3, -0.25) is 4.79 Å². The van der Waals surface area contributed by atoms with Gasteiger partial charge in [0.1, 0.15) is 23.5 Å². The smallest absolute Gasteiger partial charge is 0.150 e. The lowest BCUT2D eigenvalue weighted by molar-refractivity contribution is 0.112. The topological polar surface area (TPSA) is 44.8 Å². The Morgan fingerprint density at radius 2 is 1.50 bits per heavy atom. The van der Waals surface area contributed by atoms with Crippen LogP contribution in [0, 0.1) is 0 Å². The van der Waals surface area contributed by atoms with Gasteiger partial charge in [-0.2, -0.15) is 0 Å². The van der Waals surface area contributed by atoms with Crippen LogP contribution in [0.2, 0.25) is 0 Å². The van der Waals surface area contributed by atoms with Crippen LogP contribution in [0.4, 0.5) is 0 Å².